The molecule has 5 atom stereocenters. The van der Waals surface area contributed by atoms with Gasteiger partial charge in [0.25, 0.3) is 0 Å². The third-order valence-corrected chi connectivity index (χ3v) is 8.31. The highest BCUT2D eigenvalue weighted by molar-refractivity contribution is 5.30. The summed E-state index contributed by atoms with van der Waals surface area (Å²) in [4.78, 5) is 0. The fourth-order valence-corrected chi connectivity index (χ4v) is 5.90. The van der Waals surface area contributed by atoms with Crippen molar-refractivity contribution in [1.29, 1.82) is 0 Å². The van der Waals surface area contributed by atoms with Crippen LogP contribution < -0.4 is 0 Å². The van der Waals surface area contributed by atoms with Crippen LogP contribution in [0.4, 0.5) is 0 Å². The van der Waals surface area contributed by atoms with Crippen LogP contribution in [-0.2, 0) is 48.2 Å². The van der Waals surface area contributed by atoms with Gasteiger partial charge in [0.1, 0.15) is 30.5 Å². The second-order valence-electron chi connectivity index (χ2n) is 11.6. The van der Waals surface area contributed by atoms with Crippen LogP contribution in [0, 0.1) is 0 Å². The molecule has 6 nitrogen and oxygen atoms in total. The van der Waals surface area contributed by atoms with E-state index >= 15 is 0 Å². The molecule has 0 aromatic heterocycles. The average Bonchev–Trinajstić information content (AvgIpc) is 3.14. The van der Waals surface area contributed by atoms with Gasteiger partial charge >= 0.3 is 0 Å². The average molecular weight is 631 g/mol. The molecule has 0 N–H and O–H groups in total. The standard InChI is InChI=1S/C41H42O6/c1-42-41-40(45-29-33-21-11-4-12-22-33)39(44-28-32-19-9-3-10-20-32)38(43-27-31-17-7-2-8-18-31)36(47-41)30-46-37(34-23-13-5-14-24-34)35-25-15-6-16-26-35/h2-26,36-41H,27-30H2,1H3/t36-,38-,39+,40-,41+/m1/s1. The Morgan fingerprint density at radius 1 is 0.489 bits per heavy atom. The van der Waals surface area contributed by atoms with Crippen LogP contribution in [0.3, 0.4) is 0 Å². The molecular formula is C41H42O6. The van der Waals surface area contributed by atoms with E-state index in [0.29, 0.717) is 19.8 Å². The molecular weight excluding hydrogens is 588 g/mol. The molecule has 0 radical (unpaired) electrons. The van der Waals surface area contributed by atoms with Crippen LogP contribution in [0.1, 0.15) is 33.9 Å². The number of hydrogen-bond donors (Lipinski definition) is 0. The monoisotopic (exact) mass is 630 g/mol. The lowest BCUT2D eigenvalue weighted by Crippen LogP contribution is -2.61. The van der Waals surface area contributed by atoms with E-state index in [4.69, 9.17) is 28.4 Å². The van der Waals surface area contributed by atoms with Crippen LogP contribution in [-0.4, -0.2) is 44.4 Å². The Labute approximate surface area is 277 Å². The summed E-state index contributed by atoms with van der Waals surface area (Å²) in [5.74, 6) is 0. The van der Waals surface area contributed by atoms with Gasteiger partial charge < -0.3 is 28.4 Å². The first-order valence-electron chi connectivity index (χ1n) is 16.1. The maximum Gasteiger partial charge on any atom is 0.186 e. The summed E-state index contributed by atoms with van der Waals surface area (Å²) < 4.78 is 39.4. The van der Waals surface area contributed by atoms with Gasteiger partial charge in [-0.3, -0.25) is 0 Å². The van der Waals surface area contributed by atoms with Gasteiger partial charge in [-0.05, 0) is 27.8 Å². The Balaban J connectivity index is 1.30. The zero-order valence-corrected chi connectivity index (χ0v) is 26.7. The molecule has 47 heavy (non-hydrogen) atoms. The largest absolute Gasteiger partial charge is 0.368 e. The Morgan fingerprint density at radius 3 is 1.30 bits per heavy atom. The number of benzene rings is 5. The summed E-state index contributed by atoms with van der Waals surface area (Å²) in [7, 11) is 1.64. The summed E-state index contributed by atoms with van der Waals surface area (Å²) >= 11 is 0. The first-order valence-corrected chi connectivity index (χ1v) is 16.1. The third kappa shape index (κ3) is 9.02. The Bertz CT molecular complexity index is 1530. The van der Waals surface area contributed by atoms with E-state index in [2.05, 4.69) is 48.5 Å². The molecule has 1 aliphatic rings. The van der Waals surface area contributed by atoms with E-state index in [9.17, 15) is 0 Å². The van der Waals surface area contributed by atoms with Gasteiger partial charge in [-0.15, -0.1) is 0 Å². The van der Waals surface area contributed by atoms with Crippen LogP contribution >= 0.6 is 0 Å². The van der Waals surface area contributed by atoms with E-state index in [1.165, 1.54) is 0 Å². The van der Waals surface area contributed by atoms with E-state index < -0.39 is 30.7 Å². The highest BCUT2D eigenvalue weighted by Gasteiger charge is 2.49. The summed E-state index contributed by atoms with van der Waals surface area (Å²) in [5, 5.41) is 0. The predicted octanol–water partition coefficient (Wildman–Crippen LogP) is 7.92. The van der Waals surface area contributed by atoms with Gasteiger partial charge in [0.2, 0.25) is 0 Å². The van der Waals surface area contributed by atoms with Crippen molar-refractivity contribution in [2.75, 3.05) is 13.7 Å². The molecule has 1 fully saturated rings. The molecule has 5 aromatic carbocycles. The van der Waals surface area contributed by atoms with Gasteiger partial charge in [-0.25, -0.2) is 0 Å². The highest BCUT2D eigenvalue weighted by Crippen LogP contribution is 2.33. The molecule has 1 aliphatic heterocycles. The zero-order valence-electron chi connectivity index (χ0n) is 26.7. The van der Waals surface area contributed by atoms with Crippen molar-refractivity contribution in [3.8, 4) is 0 Å². The summed E-state index contributed by atoms with van der Waals surface area (Å²) in [6.45, 7) is 1.37. The Morgan fingerprint density at radius 2 is 0.872 bits per heavy atom. The lowest BCUT2D eigenvalue weighted by atomic mass is 9.97. The van der Waals surface area contributed by atoms with Gasteiger partial charge in [-0.1, -0.05) is 152 Å². The first kappa shape index (κ1) is 32.8. The van der Waals surface area contributed by atoms with Crippen molar-refractivity contribution in [3.63, 3.8) is 0 Å². The summed E-state index contributed by atoms with van der Waals surface area (Å²) in [5.41, 5.74) is 5.26. The molecule has 1 saturated heterocycles. The van der Waals surface area contributed by atoms with E-state index in [0.717, 1.165) is 27.8 Å². The third-order valence-electron chi connectivity index (χ3n) is 8.31. The van der Waals surface area contributed by atoms with Gasteiger partial charge in [0.05, 0.1) is 26.4 Å². The lowest BCUT2D eigenvalue weighted by molar-refractivity contribution is -0.323. The van der Waals surface area contributed by atoms with E-state index in [1.807, 2.05) is 103 Å². The molecule has 0 spiro atoms. The SMILES string of the molecule is CO[C@H]1O[C@H](COC(c2ccccc2)c2ccccc2)[C@@H](OCc2ccccc2)[C@H](OCc2ccccc2)[C@H]1OCc1ccccc1. The molecule has 1 heterocycles. The van der Waals surface area contributed by atoms with Crippen molar-refractivity contribution in [2.45, 2.75) is 56.6 Å². The molecule has 0 unspecified atom stereocenters. The van der Waals surface area contributed by atoms with Crippen molar-refractivity contribution in [3.05, 3.63) is 179 Å². The molecule has 6 rings (SSSR count). The minimum absolute atomic E-state index is 0.240. The van der Waals surface area contributed by atoms with Crippen molar-refractivity contribution in [2.24, 2.45) is 0 Å². The van der Waals surface area contributed by atoms with Crippen LogP contribution in [0.25, 0.3) is 0 Å². The van der Waals surface area contributed by atoms with Gasteiger partial charge in [0.15, 0.2) is 6.29 Å². The first-order chi connectivity index (χ1) is 23.3. The minimum atomic E-state index is -0.712. The smallest absolute Gasteiger partial charge is 0.186 e. The number of hydrogen-bond acceptors (Lipinski definition) is 6. The second kappa shape index (κ2) is 17.1. The lowest BCUT2D eigenvalue weighted by Gasteiger charge is -2.45. The maximum atomic E-state index is 6.75. The molecule has 6 heteroatoms. The number of ether oxygens (including phenoxy) is 6. The van der Waals surface area contributed by atoms with Crippen molar-refractivity contribution < 1.29 is 28.4 Å². The minimum Gasteiger partial charge on any atom is -0.368 e. The number of methoxy groups -OCH3 is 1. The molecule has 0 amide bonds. The summed E-state index contributed by atoms with van der Waals surface area (Å²) in [6, 6.07) is 50.8. The summed E-state index contributed by atoms with van der Waals surface area (Å²) in [6.07, 6.45) is -3.15. The maximum absolute atomic E-state index is 6.75. The van der Waals surface area contributed by atoms with Gasteiger partial charge in [-0.2, -0.15) is 0 Å². The highest BCUT2D eigenvalue weighted by atomic mass is 16.7. The molecule has 0 aliphatic carbocycles. The van der Waals surface area contributed by atoms with Gasteiger partial charge in [0, 0.05) is 7.11 Å². The van der Waals surface area contributed by atoms with Crippen molar-refractivity contribution >= 4 is 0 Å². The number of rotatable bonds is 15. The molecule has 0 saturated carbocycles. The van der Waals surface area contributed by atoms with Crippen LogP contribution in [0.5, 0.6) is 0 Å². The molecule has 5 aromatic rings. The quantitative estimate of drug-likeness (QED) is 0.117. The van der Waals surface area contributed by atoms with E-state index in [1.54, 1.807) is 7.11 Å². The molecule has 242 valence electrons. The van der Waals surface area contributed by atoms with Crippen LogP contribution in [0.15, 0.2) is 152 Å². The van der Waals surface area contributed by atoms with E-state index in [-0.39, 0.29) is 12.7 Å². The fourth-order valence-electron chi connectivity index (χ4n) is 5.90. The van der Waals surface area contributed by atoms with Crippen molar-refractivity contribution in [1.82, 2.24) is 0 Å². The predicted molar refractivity (Wildman–Crippen MR) is 181 cm³/mol. The Kier molecular flexibility index (Phi) is 12.0. The zero-order chi connectivity index (χ0) is 32.1. The topological polar surface area (TPSA) is 55.4 Å². The fraction of sp³-hybridized carbons (Fsp3) is 0.268. The molecule has 0 bridgehead atoms. The normalized spacial score (nSPS) is 21.1. The Hall–Kier alpha value is -4.14. The second-order valence-corrected chi connectivity index (χ2v) is 11.6. The van der Waals surface area contributed by atoms with Crippen LogP contribution in [0.2, 0.25) is 0 Å².